The number of hydrogen-bond donors (Lipinski definition) is 1. The summed E-state index contributed by atoms with van der Waals surface area (Å²) in [7, 11) is 0. The molecule has 0 saturated heterocycles. The second-order valence-corrected chi connectivity index (χ2v) is 4.38. The van der Waals surface area contributed by atoms with Crippen LogP contribution in [0.15, 0.2) is 36.5 Å². The maximum absolute atomic E-state index is 6.08. The van der Waals surface area contributed by atoms with Crippen molar-refractivity contribution in [1.29, 1.82) is 0 Å². The Balaban J connectivity index is 2.59. The van der Waals surface area contributed by atoms with Crippen molar-refractivity contribution in [3.63, 3.8) is 0 Å². The monoisotopic (exact) mass is 255 g/mol. The van der Waals surface area contributed by atoms with Crippen molar-refractivity contribution in [2.24, 2.45) is 0 Å². The predicted molar refractivity (Wildman–Crippen MR) is 67.1 cm³/mol. The Morgan fingerprint density at radius 3 is 2.53 bits per heavy atom. The minimum Gasteiger partial charge on any atom is -0.361 e. The molecule has 0 aliphatic rings. The lowest BCUT2D eigenvalue weighted by Gasteiger charge is -2.04. The van der Waals surface area contributed by atoms with Gasteiger partial charge in [0.05, 0.1) is 5.02 Å². The van der Waals surface area contributed by atoms with Crippen LogP contribution in [0, 0.1) is 4.51 Å². The third-order valence-corrected chi connectivity index (χ3v) is 2.80. The Bertz CT molecular complexity index is 548. The second kappa shape index (κ2) is 4.35. The van der Waals surface area contributed by atoms with E-state index in [1.807, 2.05) is 18.2 Å². The van der Waals surface area contributed by atoms with Crippen molar-refractivity contribution in [3.05, 3.63) is 51.1 Å². The largest absolute Gasteiger partial charge is 0.361 e. The van der Waals surface area contributed by atoms with Crippen LogP contribution in [0.25, 0.3) is 11.3 Å². The van der Waals surface area contributed by atoms with Crippen LogP contribution in [0.5, 0.6) is 0 Å². The van der Waals surface area contributed by atoms with Crippen LogP contribution in [0.3, 0.4) is 0 Å². The lowest BCUT2D eigenvalue weighted by molar-refractivity contribution is 1.32. The van der Waals surface area contributed by atoms with Crippen molar-refractivity contribution in [2.45, 2.75) is 0 Å². The number of H-pyrrole nitrogens is 1. The fraction of sp³-hybridized carbons (Fsp3) is 0. The van der Waals surface area contributed by atoms with Gasteiger partial charge in [0.1, 0.15) is 0 Å². The first-order valence-corrected chi connectivity index (χ1v) is 5.47. The molecule has 15 heavy (non-hydrogen) atoms. The van der Waals surface area contributed by atoms with Gasteiger partial charge < -0.3 is 4.98 Å². The van der Waals surface area contributed by atoms with E-state index in [4.69, 9.17) is 35.4 Å². The van der Waals surface area contributed by atoms with Crippen molar-refractivity contribution in [3.8, 4) is 11.3 Å². The average molecular weight is 256 g/mol. The molecule has 0 aliphatic heterocycles. The number of nitrogens with one attached hydrogen (secondary N) is 1. The van der Waals surface area contributed by atoms with Crippen molar-refractivity contribution in [2.75, 3.05) is 0 Å². The average Bonchev–Trinajstić information content (AvgIpc) is 2.17. The highest BCUT2D eigenvalue weighted by Gasteiger charge is 2.03. The number of pyridine rings is 1. The number of halogens is 2. The SMILES string of the molecule is S=c1cc[nH]c(-c2ccc(Cl)cc2Cl)c1. The summed E-state index contributed by atoms with van der Waals surface area (Å²) >= 11 is 17.0. The molecule has 1 aromatic carbocycles. The van der Waals surface area contributed by atoms with Crippen LogP contribution in [-0.2, 0) is 0 Å². The molecular weight excluding hydrogens is 249 g/mol. The van der Waals surface area contributed by atoms with Crippen molar-refractivity contribution >= 4 is 35.4 Å². The minimum atomic E-state index is 0.611. The summed E-state index contributed by atoms with van der Waals surface area (Å²) in [4.78, 5) is 3.09. The maximum Gasteiger partial charge on any atom is 0.0514 e. The molecule has 2 aromatic rings. The van der Waals surface area contributed by atoms with E-state index in [2.05, 4.69) is 4.98 Å². The predicted octanol–water partition coefficient (Wildman–Crippen LogP) is 4.72. The Kier molecular flexibility index (Phi) is 3.10. The highest BCUT2D eigenvalue weighted by molar-refractivity contribution is 7.71. The van der Waals surface area contributed by atoms with Crippen molar-refractivity contribution in [1.82, 2.24) is 4.98 Å². The first-order chi connectivity index (χ1) is 7.16. The van der Waals surface area contributed by atoms with Gasteiger partial charge >= 0.3 is 0 Å². The molecule has 0 fully saturated rings. The minimum absolute atomic E-state index is 0.611. The van der Waals surface area contributed by atoms with Gasteiger partial charge in [-0.3, -0.25) is 0 Å². The van der Waals surface area contributed by atoms with Gasteiger partial charge in [-0.05, 0) is 30.3 Å². The molecule has 1 N–H and O–H groups in total. The Morgan fingerprint density at radius 2 is 1.87 bits per heavy atom. The Hall–Kier alpha value is -0.830. The van der Waals surface area contributed by atoms with E-state index in [-0.39, 0.29) is 0 Å². The molecular formula is C11H7Cl2NS. The van der Waals surface area contributed by atoms with Crippen LogP contribution in [-0.4, -0.2) is 4.98 Å². The van der Waals surface area contributed by atoms with Gasteiger partial charge in [-0.25, -0.2) is 0 Å². The van der Waals surface area contributed by atoms with Gasteiger partial charge in [-0.1, -0.05) is 35.4 Å². The van der Waals surface area contributed by atoms with Gasteiger partial charge in [0.25, 0.3) is 0 Å². The summed E-state index contributed by atoms with van der Waals surface area (Å²) < 4.78 is 0.773. The molecule has 0 atom stereocenters. The summed E-state index contributed by atoms with van der Waals surface area (Å²) in [5, 5.41) is 1.23. The lowest BCUT2D eigenvalue weighted by Crippen LogP contribution is -1.83. The molecule has 0 aliphatic carbocycles. The van der Waals surface area contributed by atoms with E-state index in [1.54, 1.807) is 18.3 Å². The Morgan fingerprint density at radius 1 is 1.07 bits per heavy atom. The van der Waals surface area contributed by atoms with Gasteiger partial charge in [-0.2, -0.15) is 0 Å². The maximum atomic E-state index is 6.08. The van der Waals surface area contributed by atoms with E-state index in [0.717, 1.165) is 15.8 Å². The zero-order valence-corrected chi connectivity index (χ0v) is 9.96. The first-order valence-electron chi connectivity index (χ1n) is 4.31. The highest BCUT2D eigenvalue weighted by atomic mass is 35.5. The molecule has 0 saturated carbocycles. The van der Waals surface area contributed by atoms with E-state index >= 15 is 0 Å². The number of benzene rings is 1. The van der Waals surface area contributed by atoms with E-state index in [0.29, 0.717) is 10.0 Å². The molecule has 0 unspecified atom stereocenters. The fourth-order valence-electron chi connectivity index (χ4n) is 1.31. The van der Waals surface area contributed by atoms with Gasteiger partial charge in [0, 0.05) is 27.0 Å². The van der Waals surface area contributed by atoms with E-state index in [1.165, 1.54) is 0 Å². The molecule has 4 heteroatoms. The molecule has 0 amide bonds. The van der Waals surface area contributed by atoms with Gasteiger partial charge in [0.15, 0.2) is 0 Å². The second-order valence-electron chi connectivity index (χ2n) is 3.06. The zero-order valence-electron chi connectivity index (χ0n) is 7.63. The quantitative estimate of drug-likeness (QED) is 0.730. The van der Waals surface area contributed by atoms with Crippen LogP contribution in [0.1, 0.15) is 0 Å². The number of aromatic amines is 1. The fourth-order valence-corrected chi connectivity index (χ4v) is 2.01. The van der Waals surface area contributed by atoms with E-state index < -0.39 is 0 Å². The molecule has 1 aromatic heterocycles. The number of rotatable bonds is 1. The van der Waals surface area contributed by atoms with Crippen molar-refractivity contribution < 1.29 is 0 Å². The summed E-state index contributed by atoms with van der Waals surface area (Å²) in [6.07, 6.45) is 1.79. The molecule has 1 nitrogen and oxygen atoms in total. The topological polar surface area (TPSA) is 15.8 Å². The molecule has 76 valence electrons. The smallest absolute Gasteiger partial charge is 0.0514 e. The summed E-state index contributed by atoms with van der Waals surface area (Å²) in [5.41, 5.74) is 1.79. The van der Waals surface area contributed by atoms with Crippen LogP contribution in [0.4, 0.5) is 0 Å². The lowest BCUT2D eigenvalue weighted by atomic mass is 10.1. The molecule has 0 spiro atoms. The zero-order chi connectivity index (χ0) is 10.8. The first kappa shape index (κ1) is 10.7. The van der Waals surface area contributed by atoms with E-state index in [9.17, 15) is 0 Å². The van der Waals surface area contributed by atoms with Crippen LogP contribution < -0.4 is 0 Å². The number of aromatic nitrogens is 1. The molecule has 0 radical (unpaired) electrons. The highest BCUT2D eigenvalue weighted by Crippen LogP contribution is 2.28. The summed E-state index contributed by atoms with van der Waals surface area (Å²) in [5.74, 6) is 0. The molecule has 2 rings (SSSR count). The molecule has 0 bridgehead atoms. The van der Waals surface area contributed by atoms with Gasteiger partial charge in [-0.15, -0.1) is 0 Å². The van der Waals surface area contributed by atoms with Crippen LogP contribution >= 0.6 is 35.4 Å². The third kappa shape index (κ3) is 2.40. The number of hydrogen-bond acceptors (Lipinski definition) is 1. The normalized spacial score (nSPS) is 10.3. The van der Waals surface area contributed by atoms with Crippen LogP contribution in [0.2, 0.25) is 10.0 Å². The molecule has 1 heterocycles. The summed E-state index contributed by atoms with van der Waals surface area (Å²) in [6, 6.07) is 9.06. The standard InChI is InChI=1S/C11H7Cl2NS/c12-7-1-2-9(10(13)5-7)11-6-8(15)3-4-14-11/h1-6H,(H,14,15). The Labute approximate surface area is 103 Å². The summed E-state index contributed by atoms with van der Waals surface area (Å²) in [6.45, 7) is 0. The van der Waals surface area contributed by atoms with Gasteiger partial charge in [0.2, 0.25) is 0 Å². The third-order valence-electron chi connectivity index (χ3n) is 1.99.